The maximum atomic E-state index is 12.6. The Morgan fingerprint density at radius 1 is 1.08 bits per heavy atom. The zero-order valence-corrected chi connectivity index (χ0v) is 14.7. The number of hydrogen-bond acceptors (Lipinski definition) is 3. The zero-order chi connectivity index (χ0) is 18.9. The summed E-state index contributed by atoms with van der Waals surface area (Å²) >= 11 is 0. The van der Waals surface area contributed by atoms with Crippen molar-refractivity contribution in [2.24, 2.45) is 0 Å². The molecule has 0 atom stereocenters. The summed E-state index contributed by atoms with van der Waals surface area (Å²) in [4.78, 5) is 24.9. The third-order valence-corrected chi connectivity index (χ3v) is 3.73. The summed E-state index contributed by atoms with van der Waals surface area (Å²) in [6.45, 7) is 7.65. The van der Waals surface area contributed by atoms with Gasteiger partial charge >= 0.3 is 0 Å². The highest BCUT2D eigenvalue weighted by molar-refractivity contribution is 6.09. The van der Waals surface area contributed by atoms with Crippen LogP contribution in [-0.2, 0) is 6.42 Å². The van der Waals surface area contributed by atoms with Gasteiger partial charge in [0.25, 0.3) is 11.8 Å². The Hall–Kier alpha value is -3.34. The molecule has 2 amide bonds. The van der Waals surface area contributed by atoms with E-state index in [1.807, 2.05) is 0 Å². The molecule has 134 valence electrons. The van der Waals surface area contributed by atoms with Crippen LogP contribution in [-0.4, -0.2) is 25.5 Å². The van der Waals surface area contributed by atoms with Gasteiger partial charge in [-0.1, -0.05) is 24.3 Å². The molecular weight excluding hydrogens is 328 g/mol. The summed E-state index contributed by atoms with van der Waals surface area (Å²) < 4.78 is 5.30. The molecule has 26 heavy (non-hydrogen) atoms. The van der Waals surface area contributed by atoms with Gasteiger partial charge in [0.15, 0.2) is 0 Å². The zero-order valence-electron chi connectivity index (χ0n) is 14.7. The van der Waals surface area contributed by atoms with E-state index >= 15 is 0 Å². The van der Waals surface area contributed by atoms with Gasteiger partial charge in [-0.25, -0.2) is 0 Å². The molecule has 5 nitrogen and oxygen atoms in total. The molecule has 2 aromatic carbocycles. The Bertz CT molecular complexity index is 828. The van der Waals surface area contributed by atoms with E-state index < -0.39 is 0 Å². The van der Waals surface area contributed by atoms with Crippen molar-refractivity contribution in [3.8, 4) is 5.75 Å². The number of methoxy groups -OCH3 is 1. The largest absolute Gasteiger partial charge is 0.496 e. The molecule has 0 saturated heterocycles. The van der Waals surface area contributed by atoms with Crippen molar-refractivity contribution in [1.29, 1.82) is 0 Å². The van der Waals surface area contributed by atoms with Crippen molar-refractivity contribution in [3.63, 3.8) is 0 Å². The van der Waals surface area contributed by atoms with Crippen LogP contribution >= 0.6 is 0 Å². The number of benzene rings is 2. The van der Waals surface area contributed by atoms with Crippen LogP contribution in [0.5, 0.6) is 5.75 Å². The third kappa shape index (κ3) is 4.60. The first-order chi connectivity index (χ1) is 12.6. The van der Waals surface area contributed by atoms with Gasteiger partial charge in [0.05, 0.1) is 18.4 Å². The highest BCUT2D eigenvalue weighted by Gasteiger charge is 2.14. The Labute approximate surface area is 153 Å². The third-order valence-electron chi connectivity index (χ3n) is 3.73. The van der Waals surface area contributed by atoms with E-state index in [0.29, 0.717) is 35.5 Å². The van der Waals surface area contributed by atoms with Crippen molar-refractivity contribution in [2.75, 3.05) is 19.0 Å². The lowest BCUT2D eigenvalue weighted by Gasteiger charge is -2.12. The maximum Gasteiger partial charge on any atom is 0.255 e. The lowest BCUT2D eigenvalue weighted by atomic mass is 10.1. The first kappa shape index (κ1) is 19.0. The molecule has 2 aromatic rings. The molecule has 0 aliphatic rings. The number of carbonyl (C=O) groups excluding carboxylic acids is 2. The van der Waals surface area contributed by atoms with Gasteiger partial charge in [0.1, 0.15) is 5.75 Å². The highest BCUT2D eigenvalue weighted by Crippen LogP contribution is 2.22. The van der Waals surface area contributed by atoms with E-state index in [-0.39, 0.29) is 11.8 Å². The van der Waals surface area contributed by atoms with E-state index in [2.05, 4.69) is 23.8 Å². The topological polar surface area (TPSA) is 67.4 Å². The second-order valence-electron chi connectivity index (χ2n) is 5.52. The molecule has 5 heteroatoms. The van der Waals surface area contributed by atoms with Crippen LogP contribution in [0, 0.1) is 0 Å². The van der Waals surface area contributed by atoms with Crippen molar-refractivity contribution in [3.05, 3.63) is 84.5 Å². The fourth-order valence-electron chi connectivity index (χ4n) is 2.48. The van der Waals surface area contributed by atoms with Crippen LogP contribution < -0.4 is 15.4 Å². The quantitative estimate of drug-likeness (QED) is 0.715. The molecule has 0 saturated carbocycles. The molecule has 0 radical (unpaired) electrons. The van der Waals surface area contributed by atoms with E-state index in [9.17, 15) is 9.59 Å². The smallest absolute Gasteiger partial charge is 0.255 e. The second-order valence-corrected chi connectivity index (χ2v) is 5.52. The fourth-order valence-corrected chi connectivity index (χ4v) is 2.48. The molecule has 2 N–H and O–H groups in total. The van der Waals surface area contributed by atoms with Crippen LogP contribution in [0.15, 0.2) is 67.8 Å². The van der Waals surface area contributed by atoms with E-state index in [1.54, 1.807) is 61.7 Å². The van der Waals surface area contributed by atoms with Gasteiger partial charge in [-0.2, -0.15) is 0 Å². The number of rotatable bonds is 8. The molecule has 0 spiro atoms. The van der Waals surface area contributed by atoms with Crippen LogP contribution in [0.2, 0.25) is 0 Å². The van der Waals surface area contributed by atoms with E-state index in [4.69, 9.17) is 4.74 Å². The molecule has 0 heterocycles. The average Bonchev–Trinajstić information content (AvgIpc) is 2.66. The molecule has 0 aliphatic heterocycles. The van der Waals surface area contributed by atoms with Crippen LogP contribution in [0.25, 0.3) is 0 Å². The van der Waals surface area contributed by atoms with Gasteiger partial charge in [0, 0.05) is 12.1 Å². The molecule has 0 aliphatic carbocycles. The van der Waals surface area contributed by atoms with Crippen molar-refractivity contribution < 1.29 is 14.3 Å². The minimum absolute atomic E-state index is 0.275. The minimum atomic E-state index is -0.304. The summed E-state index contributed by atoms with van der Waals surface area (Å²) in [6.07, 6.45) is 3.93. The van der Waals surface area contributed by atoms with Gasteiger partial charge in [-0.3, -0.25) is 9.59 Å². The predicted molar refractivity (Wildman–Crippen MR) is 104 cm³/mol. The summed E-state index contributed by atoms with van der Waals surface area (Å²) in [7, 11) is 1.58. The second kappa shape index (κ2) is 9.22. The summed E-state index contributed by atoms with van der Waals surface area (Å²) in [5, 5.41) is 5.51. The number of amides is 2. The van der Waals surface area contributed by atoms with Gasteiger partial charge in [-0.05, 0) is 42.3 Å². The minimum Gasteiger partial charge on any atom is -0.496 e. The number of allylic oxidation sites excluding steroid dienone is 1. The summed E-state index contributed by atoms with van der Waals surface area (Å²) in [5.74, 6) is 0.121. The lowest BCUT2D eigenvalue weighted by molar-refractivity contribution is 0.0959. The Morgan fingerprint density at radius 3 is 2.54 bits per heavy atom. The lowest BCUT2D eigenvalue weighted by Crippen LogP contribution is -2.25. The SMILES string of the molecule is C=CCNC(=O)c1ccccc1NC(=O)c1ccc(OC)c(CC=C)c1. The van der Waals surface area contributed by atoms with Gasteiger partial charge in [-0.15, -0.1) is 13.2 Å². The van der Waals surface area contributed by atoms with Crippen LogP contribution in [0.3, 0.4) is 0 Å². The molecule has 0 fully saturated rings. The highest BCUT2D eigenvalue weighted by atomic mass is 16.5. The Balaban J connectivity index is 2.25. The standard InChI is InChI=1S/C21H22N2O3/c1-4-8-15-14-16(11-12-19(15)26-3)20(24)23-18-10-7-6-9-17(18)21(25)22-13-5-2/h4-7,9-12,14H,1-2,8,13H2,3H3,(H,22,25)(H,23,24). The summed E-state index contributed by atoms with van der Waals surface area (Å²) in [5.41, 5.74) is 2.18. The molecule has 0 bridgehead atoms. The monoisotopic (exact) mass is 350 g/mol. The Morgan fingerprint density at radius 2 is 1.85 bits per heavy atom. The predicted octanol–water partition coefficient (Wildman–Crippen LogP) is 3.59. The van der Waals surface area contributed by atoms with Crippen LogP contribution in [0.4, 0.5) is 5.69 Å². The van der Waals surface area contributed by atoms with Gasteiger partial charge < -0.3 is 15.4 Å². The number of para-hydroxylation sites is 1. The average molecular weight is 350 g/mol. The maximum absolute atomic E-state index is 12.6. The van der Waals surface area contributed by atoms with Crippen molar-refractivity contribution in [1.82, 2.24) is 5.32 Å². The van der Waals surface area contributed by atoms with E-state index in [1.165, 1.54) is 0 Å². The number of carbonyl (C=O) groups is 2. The van der Waals surface area contributed by atoms with E-state index in [0.717, 1.165) is 5.56 Å². The summed E-state index contributed by atoms with van der Waals surface area (Å²) in [6, 6.07) is 12.0. The van der Waals surface area contributed by atoms with Gasteiger partial charge in [0.2, 0.25) is 0 Å². The van der Waals surface area contributed by atoms with Crippen LogP contribution in [0.1, 0.15) is 26.3 Å². The number of hydrogen-bond donors (Lipinski definition) is 2. The fraction of sp³-hybridized carbons (Fsp3) is 0.143. The molecule has 0 aromatic heterocycles. The Kier molecular flexibility index (Phi) is 6.74. The first-order valence-electron chi connectivity index (χ1n) is 8.18. The number of anilines is 1. The van der Waals surface area contributed by atoms with Crippen molar-refractivity contribution in [2.45, 2.75) is 6.42 Å². The first-order valence-corrected chi connectivity index (χ1v) is 8.18. The molecule has 0 unspecified atom stereocenters. The number of ether oxygens (including phenoxy) is 1. The number of nitrogens with one attached hydrogen (secondary N) is 2. The van der Waals surface area contributed by atoms with Crippen molar-refractivity contribution >= 4 is 17.5 Å². The normalized spacial score (nSPS) is 9.88. The molecule has 2 rings (SSSR count). The molecular formula is C21H22N2O3.